The minimum Gasteiger partial charge on any atom is -0.478 e. The van der Waals surface area contributed by atoms with Crippen LogP contribution in [0.5, 0.6) is 0 Å². The third-order valence-corrected chi connectivity index (χ3v) is 12.0. The summed E-state index contributed by atoms with van der Waals surface area (Å²) in [5.74, 6) is 2.95. The van der Waals surface area contributed by atoms with E-state index >= 15 is 0 Å². The van der Waals surface area contributed by atoms with Crippen LogP contribution >= 0.6 is 0 Å². The maximum atomic E-state index is 11.5. The summed E-state index contributed by atoms with van der Waals surface area (Å²) in [7, 11) is 0. The minimum atomic E-state index is -0.806. The van der Waals surface area contributed by atoms with E-state index in [1.54, 1.807) is 11.1 Å². The Labute approximate surface area is 228 Å². The summed E-state index contributed by atoms with van der Waals surface area (Å²) in [6, 6.07) is 0. The number of rotatable bonds is 3. The first-order chi connectivity index (χ1) is 17.5. The summed E-state index contributed by atoms with van der Waals surface area (Å²) in [5, 5.41) is 20.0. The van der Waals surface area contributed by atoms with Crippen molar-refractivity contribution < 1.29 is 15.0 Å². The fourth-order valence-electron chi connectivity index (χ4n) is 10.5. The summed E-state index contributed by atoms with van der Waals surface area (Å²) in [6.45, 7) is 20.2. The zero-order chi connectivity index (χ0) is 27.8. The third-order valence-electron chi connectivity index (χ3n) is 12.0. The molecular weight excluding hydrogens is 456 g/mol. The molecule has 9 atom stereocenters. The predicted octanol–water partition coefficient (Wildman–Crippen LogP) is 9.06. The van der Waals surface area contributed by atoms with Gasteiger partial charge in [-0.05, 0) is 111 Å². The standard InChI is InChI=1S/C30H46O3.2C2H6/c1-18(2)20-8-15-30(17-12-26(32)33)16-10-23-21(27(20)30)6-7-25-28(4)14-11-24(31)19(3)22(28)9-13-29(23,25)5;2*1-2/h12,17-19,21-25,31H,6-11,13-16H2,1-5H3,(H,32,33);2*1-2H3/b17-12+;;. The van der Waals surface area contributed by atoms with Gasteiger partial charge in [0, 0.05) is 11.5 Å². The van der Waals surface area contributed by atoms with Crippen molar-refractivity contribution in [1.29, 1.82) is 0 Å². The van der Waals surface area contributed by atoms with Crippen molar-refractivity contribution >= 4 is 5.97 Å². The van der Waals surface area contributed by atoms with Crippen LogP contribution in [0.3, 0.4) is 0 Å². The van der Waals surface area contributed by atoms with E-state index in [9.17, 15) is 15.0 Å². The number of aliphatic hydroxyl groups is 1. The molecule has 0 amide bonds. The van der Waals surface area contributed by atoms with Gasteiger partial charge in [0.15, 0.2) is 0 Å². The van der Waals surface area contributed by atoms with Crippen molar-refractivity contribution in [2.45, 2.75) is 133 Å². The van der Waals surface area contributed by atoms with E-state index in [-0.39, 0.29) is 11.5 Å². The highest BCUT2D eigenvalue weighted by Crippen LogP contribution is 2.71. The van der Waals surface area contributed by atoms with Gasteiger partial charge in [0.05, 0.1) is 6.10 Å². The van der Waals surface area contributed by atoms with Gasteiger partial charge in [0.25, 0.3) is 0 Å². The molecular formula is C34H58O3. The number of allylic oxidation sites excluding steroid dienone is 3. The van der Waals surface area contributed by atoms with Crippen molar-refractivity contribution in [3.8, 4) is 0 Å². The van der Waals surface area contributed by atoms with Crippen LogP contribution in [0.4, 0.5) is 0 Å². The van der Waals surface area contributed by atoms with Crippen molar-refractivity contribution in [3.63, 3.8) is 0 Å². The first-order valence-corrected chi connectivity index (χ1v) is 15.9. The molecule has 9 unspecified atom stereocenters. The first kappa shape index (κ1) is 30.5. The van der Waals surface area contributed by atoms with Gasteiger partial charge >= 0.3 is 5.97 Å². The maximum Gasteiger partial charge on any atom is 0.328 e. The van der Waals surface area contributed by atoms with E-state index in [2.05, 4.69) is 40.7 Å². The van der Waals surface area contributed by atoms with Crippen LogP contribution in [0, 0.1) is 51.8 Å². The average Bonchev–Trinajstić information content (AvgIpc) is 3.28. The highest BCUT2D eigenvalue weighted by molar-refractivity contribution is 5.80. The van der Waals surface area contributed by atoms with E-state index in [0.717, 1.165) is 37.5 Å². The van der Waals surface area contributed by atoms with Gasteiger partial charge in [0.1, 0.15) is 0 Å². The maximum absolute atomic E-state index is 11.5. The molecule has 5 aliphatic carbocycles. The molecule has 4 saturated carbocycles. The largest absolute Gasteiger partial charge is 0.478 e. The summed E-state index contributed by atoms with van der Waals surface area (Å²) >= 11 is 0. The fraction of sp³-hybridized carbons (Fsp3) is 0.853. The lowest BCUT2D eigenvalue weighted by atomic mass is 9.38. The topological polar surface area (TPSA) is 57.5 Å². The Morgan fingerprint density at radius 2 is 1.49 bits per heavy atom. The first-order valence-electron chi connectivity index (χ1n) is 15.9. The molecule has 3 nitrogen and oxygen atoms in total. The van der Waals surface area contributed by atoms with E-state index in [1.807, 2.05) is 27.7 Å². The second-order valence-electron chi connectivity index (χ2n) is 13.4. The van der Waals surface area contributed by atoms with Crippen LogP contribution in [0.25, 0.3) is 0 Å². The molecule has 0 spiro atoms. The Kier molecular flexibility index (Phi) is 9.52. The molecule has 0 saturated heterocycles. The Morgan fingerprint density at radius 3 is 2.11 bits per heavy atom. The quantitative estimate of drug-likeness (QED) is 0.292. The third kappa shape index (κ3) is 4.89. The molecule has 5 rings (SSSR count). The van der Waals surface area contributed by atoms with E-state index in [0.29, 0.717) is 34.5 Å². The minimum absolute atomic E-state index is 0.00702. The molecule has 0 aromatic heterocycles. The van der Waals surface area contributed by atoms with Crippen LogP contribution < -0.4 is 0 Å². The van der Waals surface area contributed by atoms with Crippen molar-refractivity contribution in [2.24, 2.45) is 51.8 Å². The zero-order valence-electron chi connectivity index (χ0n) is 25.6. The van der Waals surface area contributed by atoms with Crippen LogP contribution in [0.2, 0.25) is 0 Å². The van der Waals surface area contributed by atoms with Crippen LogP contribution in [-0.2, 0) is 4.79 Å². The lowest BCUT2D eigenvalue weighted by Gasteiger charge is -2.67. The van der Waals surface area contributed by atoms with Gasteiger partial charge < -0.3 is 10.2 Å². The van der Waals surface area contributed by atoms with Crippen molar-refractivity contribution in [1.82, 2.24) is 0 Å². The van der Waals surface area contributed by atoms with Gasteiger partial charge in [-0.1, -0.05) is 79.5 Å². The molecule has 0 heterocycles. The number of hydrogen-bond acceptors (Lipinski definition) is 2. The van der Waals surface area contributed by atoms with Crippen LogP contribution in [0.1, 0.15) is 127 Å². The molecule has 212 valence electrons. The van der Waals surface area contributed by atoms with E-state index in [4.69, 9.17) is 0 Å². The molecule has 0 bridgehead atoms. The Balaban J connectivity index is 0.000000907. The molecule has 0 aliphatic heterocycles. The second-order valence-corrected chi connectivity index (χ2v) is 13.4. The molecule has 37 heavy (non-hydrogen) atoms. The Bertz CT molecular complexity index is 870. The van der Waals surface area contributed by atoms with E-state index in [1.165, 1.54) is 44.6 Å². The highest BCUT2D eigenvalue weighted by atomic mass is 16.4. The molecule has 5 aliphatic rings. The van der Waals surface area contributed by atoms with Gasteiger partial charge in [-0.25, -0.2) is 4.79 Å². The summed E-state index contributed by atoms with van der Waals surface area (Å²) in [4.78, 5) is 11.5. The number of carbonyl (C=O) groups is 1. The van der Waals surface area contributed by atoms with Crippen LogP contribution in [0.15, 0.2) is 23.3 Å². The summed E-state index contributed by atoms with van der Waals surface area (Å²) < 4.78 is 0. The number of aliphatic carboxylic acids is 1. The number of carboxylic acid groups (broad SMARTS) is 1. The van der Waals surface area contributed by atoms with Gasteiger partial charge in [-0.3, -0.25) is 0 Å². The SMILES string of the molecule is CC.CC.CC(C)C1=C2C3CCC4C(C)(CCC5C(C)C(O)CCC54C)C3CCC2(/C=C/C(=O)O)CC1. The Morgan fingerprint density at radius 1 is 0.892 bits per heavy atom. The highest BCUT2D eigenvalue weighted by Gasteiger charge is 2.63. The molecule has 2 N–H and O–H groups in total. The molecule has 0 aromatic carbocycles. The summed E-state index contributed by atoms with van der Waals surface area (Å²) in [6.07, 6.45) is 15.4. The fourth-order valence-corrected chi connectivity index (χ4v) is 10.5. The number of fused-ring (bicyclic) bond motifs is 7. The van der Waals surface area contributed by atoms with Crippen LogP contribution in [-0.4, -0.2) is 22.3 Å². The number of carboxylic acids is 1. The smallest absolute Gasteiger partial charge is 0.328 e. The number of hydrogen-bond donors (Lipinski definition) is 2. The molecule has 3 heteroatoms. The summed E-state index contributed by atoms with van der Waals surface area (Å²) in [5.41, 5.74) is 4.05. The lowest BCUT2D eigenvalue weighted by molar-refractivity contribution is -0.177. The molecule has 0 aromatic rings. The monoisotopic (exact) mass is 514 g/mol. The van der Waals surface area contributed by atoms with E-state index < -0.39 is 5.97 Å². The lowest BCUT2D eigenvalue weighted by Crippen LogP contribution is -2.60. The second kappa shape index (κ2) is 11.6. The van der Waals surface area contributed by atoms with Gasteiger partial charge in [-0.2, -0.15) is 0 Å². The normalized spacial score (nSPS) is 44.5. The Hall–Kier alpha value is -1.09. The number of aliphatic hydroxyl groups excluding tert-OH is 1. The molecule has 4 fully saturated rings. The van der Waals surface area contributed by atoms with Gasteiger partial charge in [-0.15, -0.1) is 0 Å². The zero-order valence-corrected chi connectivity index (χ0v) is 25.6. The predicted molar refractivity (Wildman–Crippen MR) is 155 cm³/mol. The van der Waals surface area contributed by atoms with Crippen molar-refractivity contribution in [3.05, 3.63) is 23.3 Å². The van der Waals surface area contributed by atoms with Crippen molar-refractivity contribution in [2.75, 3.05) is 0 Å². The average molecular weight is 515 g/mol. The molecule has 0 radical (unpaired) electrons. The van der Waals surface area contributed by atoms with Gasteiger partial charge in [0.2, 0.25) is 0 Å².